The number of nitrogens with zero attached hydrogens (tertiary/aromatic N) is 4. The Morgan fingerprint density at radius 1 is 1.10 bits per heavy atom. The summed E-state index contributed by atoms with van der Waals surface area (Å²) in [6, 6.07) is 5.56. The lowest BCUT2D eigenvalue weighted by Gasteiger charge is -2.14. The largest absolute Gasteiger partial charge is 0.493 e. The third-order valence-corrected chi connectivity index (χ3v) is 5.91. The van der Waals surface area contributed by atoms with Crippen molar-refractivity contribution < 1.29 is 41.4 Å². The number of pyridine rings is 1. The molecule has 0 radical (unpaired) electrons. The van der Waals surface area contributed by atoms with E-state index in [4.69, 9.17) is 15.6 Å². The molecule has 0 fully saturated rings. The number of benzene rings is 1. The van der Waals surface area contributed by atoms with Crippen LogP contribution in [0.4, 0.5) is 33.6 Å². The van der Waals surface area contributed by atoms with Gasteiger partial charge >= 0.3 is 12.1 Å². The van der Waals surface area contributed by atoms with E-state index in [1.165, 1.54) is 35.0 Å². The molecule has 0 saturated heterocycles. The molecule has 216 valence electrons. The number of nitrogens with two attached hydrogens (primary N) is 1. The molecule has 0 bridgehead atoms. The van der Waals surface area contributed by atoms with Crippen LogP contribution in [-0.2, 0) is 17.4 Å². The van der Waals surface area contributed by atoms with Gasteiger partial charge in [0.1, 0.15) is 34.4 Å². The summed E-state index contributed by atoms with van der Waals surface area (Å²) in [5, 5.41) is 11.1. The molecular weight excluding hydrogens is 555 g/mol. The molecule has 0 spiro atoms. The van der Waals surface area contributed by atoms with Gasteiger partial charge in [0, 0.05) is 36.1 Å². The highest BCUT2D eigenvalue weighted by atomic mass is 19.4. The summed E-state index contributed by atoms with van der Waals surface area (Å²) in [7, 11) is 0. The van der Waals surface area contributed by atoms with Crippen LogP contribution in [0.2, 0.25) is 0 Å². The zero-order valence-electron chi connectivity index (χ0n) is 21.4. The molecule has 10 nitrogen and oxygen atoms in total. The fourth-order valence-electron chi connectivity index (χ4n) is 4.05. The Bertz CT molecular complexity index is 1610. The molecule has 0 aliphatic rings. The van der Waals surface area contributed by atoms with Gasteiger partial charge in [-0.3, -0.25) is 14.0 Å². The van der Waals surface area contributed by atoms with Crippen molar-refractivity contribution in [3.8, 4) is 17.0 Å². The van der Waals surface area contributed by atoms with Crippen molar-refractivity contribution in [1.29, 1.82) is 0 Å². The second kappa shape index (κ2) is 11.3. The number of anilines is 2. The van der Waals surface area contributed by atoms with Crippen LogP contribution in [-0.4, -0.2) is 48.9 Å². The first kappa shape index (κ1) is 29.2. The molecule has 0 saturated carbocycles. The van der Waals surface area contributed by atoms with Crippen LogP contribution in [0.25, 0.3) is 16.8 Å². The minimum absolute atomic E-state index is 0.00597. The van der Waals surface area contributed by atoms with E-state index < -0.39 is 48.8 Å². The number of hydrogen-bond acceptors (Lipinski definition) is 7. The maximum absolute atomic E-state index is 14.6. The van der Waals surface area contributed by atoms with Crippen LogP contribution >= 0.6 is 0 Å². The lowest BCUT2D eigenvalue weighted by atomic mass is 10.1. The average Bonchev–Trinajstić information content (AvgIpc) is 3.26. The van der Waals surface area contributed by atoms with Gasteiger partial charge in [0.2, 0.25) is 0 Å². The summed E-state index contributed by atoms with van der Waals surface area (Å²) in [4.78, 5) is 35.8. The molecule has 0 atom stereocenters. The number of alkyl halides is 5. The van der Waals surface area contributed by atoms with Gasteiger partial charge in [0.05, 0.1) is 25.0 Å². The topological polar surface area (TPSA) is 145 Å². The molecule has 3 aromatic heterocycles. The molecular formula is C26H23F5N6O4. The van der Waals surface area contributed by atoms with E-state index >= 15 is 0 Å². The highest BCUT2D eigenvalue weighted by Crippen LogP contribution is 2.37. The Kier molecular flexibility index (Phi) is 8.07. The van der Waals surface area contributed by atoms with Gasteiger partial charge in [-0.15, -0.1) is 0 Å². The van der Waals surface area contributed by atoms with Gasteiger partial charge in [0.15, 0.2) is 0 Å². The molecule has 3 heterocycles. The van der Waals surface area contributed by atoms with Gasteiger partial charge in [-0.05, 0) is 37.3 Å². The van der Waals surface area contributed by atoms with Crippen molar-refractivity contribution in [3.05, 3.63) is 65.9 Å². The van der Waals surface area contributed by atoms with E-state index in [-0.39, 0.29) is 52.2 Å². The summed E-state index contributed by atoms with van der Waals surface area (Å²) in [6.45, 7) is 1.80. The summed E-state index contributed by atoms with van der Waals surface area (Å²) >= 11 is 0. The minimum atomic E-state index is -4.63. The van der Waals surface area contributed by atoms with E-state index in [1.54, 1.807) is 6.92 Å². The molecule has 0 aliphatic carbocycles. The Balaban J connectivity index is 1.72. The van der Waals surface area contributed by atoms with Crippen LogP contribution in [0, 0.1) is 0 Å². The Labute approximate surface area is 229 Å². The standard InChI is InChI=1S/C26H23F5N6O4/c1-2-41-17-11-14(24(40)35-18-12-15(6-8-33-18)26(29,30)31)3-4-16(17)21-22-23(32)34-9-10-37(22)19(36-21)13-25(27,28)7-5-20(38)39/h3-4,6,8-12H,2,5,7,13H2,1H3,(H2,32,34)(H,38,39)(H,33,35,40). The number of hydrogen-bond donors (Lipinski definition) is 3. The van der Waals surface area contributed by atoms with Gasteiger partial charge in [0.25, 0.3) is 11.8 Å². The highest BCUT2D eigenvalue weighted by molar-refractivity contribution is 6.04. The van der Waals surface area contributed by atoms with E-state index in [0.29, 0.717) is 6.07 Å². The van der Waals surface area contributed by atoms with Gasteiger partial charge < -0.3 is 20.9 Å². The maximum Gasteiger partial charge on any atom is 0.416 e. The number of nitrogens with one attached hydrogen (secondary N) is 1. The lowest BCUT2D eigenvalue weighted by molar-refractivity contribution is -0.139. The molecule has 1 aromatic carbocycles. The van der Waals surface area contributed by atoms with Crippen LogP contribution in [0.1, 0.15) is 41.5 Å². The number of carboxylic acids is 1. The van der Waals surface area contributed by atoms with Crippen molar-refractivity contribution in [2.75, 3.05) is 17.7 Å². The third kappa shape index (κ3) is 6.67. The molecule has 0 aliphatic heterocycles. The Hall–Kier alpha value is -4.82. The number of aliphatic carboxylic acids is 1. The molecule has 1 amide bonds. The maximum atomic E-state index is 14.6. The lowest BCUT2D eigenvalue weighted by Crippen LogP contribution is -2.22. The van der Waals surface area contributed by atoms with Crippen molar-refractivity contribution >= 4 is 29.0 Å². The number of amides is 1. The Morgan fingerprint density at radius 2 is 1.85 bits per heavy atom. The molecule has 15 heteroatoms. The monoisotopic (exact) mass is 578 g/mol. The van der Waals surface area contributed by atoms with E-state index in [0.717, 1.165) is 12.3 Å². The second-order valence-electron chi connectivity index (χ2n) is 8.86. The zero-order chi connectivity index (χ0) is 29.9. The van der Waals surface area contributed by atoms with Gasteiger partial charge in [-0.2, -0.15) is 13.2 Å². The fourth-order valence-corrected chi connectivity index (χ4v) is 4.05. The minimum Gasteiger partial charge on any atom is -0.493 e. The number of imidazole rings is 1. The molecule has 4 N–H and O–H groups in total. The number of nitrogen functional groups attached to an aromatic ring is 1. The molecule has 0 unspecified atom stereocenters. The molecule has 41 heavy (non-hydrogen) atoms. The fraction of sp³-hybridized carbons (Fsp3) is 0.269. The second-order valence-corrected chi connectivity index (χ2v) is 8.86. The van der Waals surface area contributed by atoms with Crippen molar-refractivity contribution in [2.45, 2.75) is 38.3 Å². The van der Waals surface area contributed by atoms with E-state index in [1.807, 2.05) is 0 Å². The summed E-state index contributed by atoms with van der Waals surface area (Å²) in [6.07, 6.45) is -3.56. The van der Waals surface area contributed by atoms with Crippen LogP contribution in [0.15, 0.2) is 48.9 Å². The smallest absolute Gasteiger partial charge is 0.416 e. The Morgan fingerprint density at radius 3 is 2.54 bits per heavy atom. The van der Waals surface area contributed by atoms with Crippen molar-refractivity contribution in [2.24, 2.45) is 0 Å². The molecule has 4 aromatic rings. The summed E-state index contributed by atoms with van der Waals surface area (Å²) in [5.74, 6) is -5.88. The first-order valence-electron chi connectivity index (χ1n) is 12.1. The first-order valence-corrected chi connectivity index (χ1v) is 12.1. The number of carboxylic acid groups (broad SMARTS) is 1. The van der Waals surface area contributed by atoms with Gasteiger partial charge in [-0.1, -0.05) is 0 Å². The quantitative estimate of drug-likeness (QED) is 0.221. The number of rotatable bonds is 10. The molecule has 4 rings (SSSR count). The number of carbonyl (C=O) groups is 2. The van der Waals surface area contributed by atoms with Crippen LogP contribution in [0.3, 0.4) is 0 Å². The predicted octanol–water partition coefficient (Wildman–Crippen LogP) is 5.09. The number of carbonyl (C=O) groups excluding carboxylic acids is 1. The first-order chi connectivity index (χ1) is 19.3. The average molecular weight is 578 g/mol. The summed E-state index contributed by atoms with van der Waals surface area (Å²) in [5.41, 5.74) is 5.67. The number of halogens is 5. The van der Waals surface area contributed by atoms with Gasteiger partial charge in [-0.25, -0.2) is 23.7 Å². The van der Waals surface area contributed by atoms with Crippen LogP contribution in [0.5, 0.6) is 5.75 Å². The zero-order valence-corrected chi connectivity index (χ0v) is 21.4. The van der Waals surface area contributed by atoms with Crippen molar-refractivity contribution in [3.63, 3.8) is 0 Å². The normalized spacial score (nSPS) is 12.0. The van der Waals surface area contributed by atoms with E-state index in [9.17, 15) is 31.5 Å². The van der Waals surface area contributed by atoms with Crippen LogP contribution < -0.4 is 15.8 Å². The number of ether oxygens (including phenoxy) is 1. The predicted molar refractivity (Wildman–Crippen MR) is 137 cm³/mol. The SMILES string of the molecule is CCOc1cc(C(=O)Nc2cc(C(F)(F)F)ccn2)ccc1-c1nc(CC(F)(F)CCC(=O)O)n2ccnc(N)c12. The highest BCUT2D eigenvalue weighted by Gasteiger charge is 2.33. The van der Waals surface area contributed by atoms with Crippen molar-refractivity contribution in [1.82, 2.24) is 19.4 Å². The summed E-state index contributed by atoms with van der Waals surface area (Å²) < 4.78 is 75.3. The number of fused-ring (bicyclic) bond motifs is 1. The number of aromatic nitrogens is 4. The third-order valence-electron chi connectivity index (χ3n) is 5.91. The van der Waals surface area contributed by atoms with E-state index in [2.05, 4.69) is 20.3 Å².